The fraction of sp³-hybridized carbons (Fsp3) is 0.241. The predicted molar refractivity (Wildman–Crippen MR) is 130 cm³/mol. The minimum absolute atomic E-state index is 0.0223. The molecule has 1 aliphatic carbocycles. The Kier molecular flexibility index (Phi) is 2.05. The molecule has 6 rings (SSSR count). The van der Waals surface area contributed by atoms with Crippen molar-refractivity contribution in [3.63, 3.8) is 0 Å². The predicted octanol–water partition coefficient (Wildman–Crippen LogP) is 6.70. The number of fused-ring (bicyclic) bond motifs is 7. The Morgan fingerprint density at radius 3 is 2.66 bits per heavy atom. The number of benzene rings is 2. The van der Waals surface area contributed by atoms with Gasteiger partial charge in [-0.2, -0.15) is 0 Å². The molecule has 3 aromatic heterocycles. The number of pyridine rings is 2. The van der Waals surface area contributed by atoms with Crippen LogP contribution in [0.5, 0.6) is 0 Å². The first kappa shape index (κ1) is 10.4. The highest BCUT2D eigenvalue weighted by atomic mass is 16.3. The van der Waals surface area contributed by atoms with Crippen molar-refractivity contribution in [2.24, 2.45) is 7.05 Å². The summed E-state index contributed by atoms with van der Waals surface area (Å²) in [6, 6.07) is 11.3. The zero-order valence-corrected chi connectivity index (χ0v) is 17.5. The molecule has 1 aliphatic rings. The maximum Gasteiger partial charge on any atom is 0.227 e. The Labute approximate surface area is 205 Å². The molecule has 0 atom stereocenters. The lowest BCUT2D eigenvalue weighted by Crippen LogP contribution is -2.31. The second kappa shape index (κ2) is 6.29. The number of aromatic nitrogens is 2. The van der Waals surface area contributed by atoms with Gasteiger partial charge in [-0.15, -0.1) is 0 Å². The Hall–Kier alpha value is -3.46. The van der Waals surface area contributed by atoms with Crippen LogP contribution in [0.1, 0.15) is 58.0 Å². The maximum atomic E-state index is 8.64. The van der Waals surface area contributed by atoms with Gasteiger partial charge in [-0.25, -0.2) is 9.55 Å². The fourth-order valence-corrected chi connectivity index (χ4v) is 4.89. The van der Waals surface area contributed by atoms with Gasteiger partial charge in [0.25, 0.3) is 0 Å². The molecule has 0 bridgehead atoms. The summed E-state index contributed by atoms with van der Waals surface area (Å²) in [7, 11) is 1.59. The molecule has 2 aromatic carbocycles. The van der Waals surface area contributed by atoms with Crippen LogP contribution in [0.15, 0.2) is 59.3 Å². The SMILES string of the molecule is [2H]C([2H])([2H])c1cc(-c2c(C)ccc3c2oc2ncc4c(c23)C(C([2H])([2H])[2H])(C([2H])([2H])[2H])c2ccccc2-4)[n+](C)cc1C([2H])([2H])[2H]. The number of hydrogen-bond donors (Lipinski definition) is 0. The summed E-state index contributed by atoms with van der Waals surface area (Å²) in [5.41, 5.74) is -0.299. The van der Waals surface area contributed by atoms with E-state index in [2.05, 4.69) is 4.98 Å². The van der Waals surface area contributed by atoms with Crippen molar-refractivity contribution in [3.05, 3.63) is 82.7 Å². The highest BCUT2D eigenvalue weighted by Gasteiger charge is 2.38. The molecule has 0 saturated heterocycles. The summed E-state index contributed by atoms with van der Waals surface area (Å²) >= 11 is 0. The minimum atomic E-state index is -3.00. The van der Waals surface area contributed by atoms with Gasteiger partial charge in [0.05, 0.1) is 10.9 Å². The normalized spacial score (nSPS) is 21.3. The monoisotopic (exact) mass is 431 g/mol. The van der Waals surface area contributed by atoms with Crippen LogP contribution in [0.25, 0.3) is 44.5 Å². The first-order valence-corrected chi connectivity index (χ1v) is 10.2. The number of hydrogen-bond acceptors (Lipinski definition) is 2. The molecule has 0 amide bonds. The van der Waals surface area contributed by atoms with Crippen LogP contribution in [0.2, 0.25) is 0 Å². The molecule has 0 unspecified atom stereocenters. The topological polar surface area (TPSA) is 29.9 Å². The van der Waals surface area contributed by atoms with Crippen LogP contribution in [-0.4, -0.2) is 4.98 Å². The van der Waals surface area contributed by atoms with Gasteiger partial charge >= 0.3 is 0 Å². The Morgan fingerprint density at radius 1 is 1.00 bits per heavy atom. The largest absolute Gasteiger partial charge is 0.437 e. The molecule has 0 fully saturated rings. The van der Waals surface area contributed by atoms with Crippen molar-refractivity contribution in [2.45, 2.75) is 39.7 Å². The average Bonchev–Trinajstić information content (AvgIpc) is 3.41. The van der Waals surface area contributed by atoms with Crippen molar-refractivity contribution < 1.29 is 25.4 Å². The Balaban J connectivity index is 1.77. The molecule has 3 nitrogen and oxygen atoms in total. The highest BCUT2D eigenvalue weighted by Crippen LogP contribution is 2.52. The van der Waals surface area contributed by atoms with E-state index in [1.54, 1.807) is 44.3 Å². The van der Waals surface area contributed by atoms with Gasteiger partial charge in [-0.1, -0.05) is 50.1 Å². The summed E-state index contributed by atoms with van der Waals surface area (Å²) in [6.45, 7) is -9.66. The maximum absolute atomic E-state index is 8.64. The number of rotatable bonds is 1. The molecule has 5 aromatic rings. The summed E-state index contributed by atoms with van der Waals surface area (Å²) in [4.78, 5) is 4.50. The Bertz CT molecular complexity index is 1980. The van der Waals surface area contributed by atoms with Crippen molar-refractivity contribution in [3.8, 4) is 22.4 Å². The molecular formula is C29H27N2O+. The molecule has 0 aliphatic heterocycles. The van der Waals surface area contributed by atoms with Crippen LogP contribution in [0, 0.1) is 20.6 Å². The van der Waals surface area contributed by atoms with Gasteiger partial charge in [0, 0.05) is 50.6 Å². The second-order valence-corrected chi connectivity index (χ2v) is 8.36. The fourth-order valence-electron chi connectivity index (χ4n) is 4.89. The van der Waals surface area contributed by atoms with Crippen molar-refractivity contribution in [1.29, 1.82) is 0 Å². The van der Waals surface area contributed by atoms with Gasteiger partial charge in [0.15, 0.2) is 11.8 Å². The van der Waals surface area contributed by atoms with E-state index in [-0.39, 0.29) is 38.9 Å². The van der Waals surface area contributed by atoms with E-state index in [9.17, 15) is 0 Å². The first-order chi connectivity index (χ1) is 20.2. The van der Waals surface area contributed by atoms with Gasteiger partial charge < -0.3 is 4.42 Å². The quantitative estimate of drug-likeness (QED) is 0.276. The summed E-state index contributed by atoms with van der Waals surface area (Å²) in [5, 5.41) is 0.631. The van der Waals surface area contributed by atoms with E-state index < -0.39 is 32.8 Å². The molecule has 32 heavy (non-hydrogen) atoms. The van der Waals surface area contributed by atoms with E-state index >= 15 is 0 Å². The van der Waals surface area contributed by atoms with Crippen LogP contribution in [-0.2, 0) is 12.5 Å². The smallest absolute Gasteiger partial charge is 0.227 e. The molecule has 158 valence electrons. The van der Waals surface area contributed by atoms with E-state index in [1.165, 1.54) is 29.1 Å². The molecule has 0 saturated carbocycles. The average molecular weight is 432 g/mol. The van der Waals surface area contributed by atoms with Crippen LogP contribution in [0.4, 0.5) is 0 Å². The lowest BCUT2D eigenvalue weighted by atomic mass is 9.81. The van der Waals surface area contributed by atoms with Crippen LogP contribution in [0.3, 0.4) is 0 Å². The zero-order chi connectivity index (χ0) is 32.4. The first-order valence-electron chi connectivity index (χ1n) is 16.2. The third kappa shape index (κ3) is 2.37. The second-order valence-electron chi connectivity index (χ2n) is 8.36. The minimum Gasteiger partial charge on any atom is -0.437 e. The van der Waals surface area contributed by atoms with Gasteiger partial charge in [0.1, 0.15) is 7.05 Å². The lowest BCUT2D eigenvalue weighted by Gasteiger charge is -2.22. The van der Waals surface area contributed by atoms with Crippen molar-refractivity contribution in [2.75, 3.05) is 0 Å². The molecule has 0 spiro atoms. The zero-order valence-electron chi connectivity index (χ0n) is 29.5. The number of furan rings is 1. The summed E-state index contributed by atoms with van der Waals surface area (Å²) < 4.78 is 108. The standard InChI is InChI=1S/C29H27N2O/c1-16-11-12-20-25-26-21(19-9-7-8-10-22(19)29(26,4)5)14-30-28(25)32-27(20)24(16)23-13-17(2)18(3)15-31(23)6/h7-15H,1-6H3/q+1/i2D3,3D3,4D3,5D3. The molecule has 3 heteroatoms. The molecule has 0 radical (unpaired) electrons. The van der Waals surface area contributed by atoms with E-state index in [4.69, 9.17) is 20.9 Å². The van der Waals surface area contributed by atoms with Crippen molar-refractivity contribution in [1.82, 2.24) is 4.98 Å². The van der Waals surface area contributed by atoms with Gasteiger partial charge in [-0.3, -0.25) is 0 Å². The van der Waals surface area contributed by atoms with Gasteiger partial charge in [-0.05, 0) is 48.4 Å². The Morgan fingerprint density at radius 2 is 1.84 bits per heavy atom. The summed E-state index contributed by atoms with van der Waals surface area (Å²) in [5.74, 6) is 0. The van der Waals surface area contributed by atoms with E-state index in [0.717, 1.165) is 0 Å². The van der Waals surface area contributed by atoms with E-state index in [1.807, 2.05) is 0 Å². The third-order valence-electron chi connectivity index (χ3n) is 6.40. The number of aryl methyl sites for hydroxylation is 4. The van der Waals surface area contributed by atoms with Crippen molar-refractivity contribution >= 4 is 22.1 Å². The molecule has 0 N–H and O–H groups in total. The van der Waals surface area contributed by atoms with Crippen LogP contribution >= 0.6 is 0 Å². The van der Waals surface area contributed by atoms with Gasteiger partial charge in [0.2, 0.25) is 11.4 Å². The lowest BCUT2D eigenvalue weighted by molar-refractivity contribution is -0.660. The highest BCUT2D eigenvalue weighted by molar-refractivity contribution is 6.13. The molecule has 3 heterocycles. The van der Waals surface area contributed by atoms with Crippen LogP contribution < -0.4 is 4.57 Å². The molecular weight excluding hydrogens is 392 g/mol. The van der Waals surface area contributed by atoms with E-state index in [0.29, 0.717) is 33.3 Å². The third-order valence-corrected chi connectivity index (χ3v) is 6.40. The number of nitrogens with zero attached hydrogens (tertiary/aromatic N) is 2. The summed E-state index contributed by atoms with van der Waals surface area (Å²) in [6.07, 6.45) is 2.70.